The summed E-state index contributed by atoms with van der Waals surface area (Å²) >= 11 is 0. The summed E-state index contributed by atoms with van der Waals surface area (Å²) in [5.74, 6) is -1.35. The molecule has 34 heavy (non-hydrogen) atoms. The van der Waals surface area contributed by atoms with Gasteiger partial charge in [0, 0.05) is 11.6 Å². The van der Waals surface area contributed by atoms with Gasteiger partial charge in [0.05, 0.1) is 35.7 Å². The molecule has 4 aromatic rings. The molecule has 0 radical (unpaired) electrons. The molecule has 3 heterocycles. The van der Waals surface area contributed by atoms with Crippen LogP contribution < -0.4 is 15.5 Å². The van der Waals surface area contributed by atoms with Crippen LogP contribution in [0.5, 0.6) is 5.75 Å². The van der Waals surface area contributed by atoms with Crippen molar-refractivity contribution in [1.29, 1.82) is 0 Å². The molecule has 5 rings (SSSR count). The smallest absolute Gasteiger partial charge is 0.406 e. The first-order valence-electron chi connectivity index (χ1n) is 10.1. The van der Waals surface area contributed by atoms with Crippen molar-refractivity contribution in [2.24, 2.45) is 0 Å². The molecule has 2 N–H and O–H groups in total. The van der Waals surface area contributed by atoms with Crippen molar-refractivity contribution in [1.82, 2.24) is 25.1 Å². The van der Waals surface area contributed by atoms with E-state index in [9.17, 15) is 26.7 Å². The van der Waals surface area contributed by atoms with Gasteiger partial charge >= 0.3 is 6.36 Å². The predicted molar refractivity (Wildman–Crippen MR) is 111 cm³/mol. The number of ether oxygens (including phenoxy) is 1. The van der Waals surface area contributed by atoms with Crippen molar-refractivity contribution in [3.8, 4) is 17.3 Å². The standard InChI is InChI=1S/C22H16F5N5O2/c1-10-18(30-19-14(20(10)33)6-12(23)7-15(19)24)21-29-17-8-28-16(9-32(17)31-21)11-2-4-13(5-3-11)34-22(25,26)27/h2-7,16,28H,8-9H2,1H3,(H,30,33). The Morgan fingerprint density at radius 3 is 2.59 bits per heavy atom. The van der Waals surface area contributed by atoms with Crippen molar-refractivity contribution in [3.05, 3.63) is 75.2 Å². The molecule has 0 saturated carbocycles. The fraction of sp³-hybridized carbons (Fsp3) is 0.227. The summed E-state index contributed by atoms with van der Waals surface area (Å²) < 4.78 is 70.5. The first-order chi connectivity index (χ1) is 16.1. The number of hydrogen-bond donors (Lipinski definition) is 2. The Labute approximate surface area is 188 Å². The number of nitrogens with zero attached hydrogens (tertiary/aromatic N) is 3. The average molecular weight is 477 g/mol. The summed E-state index contributed by atoms with van der Waals surface area (Å²) in [5, 5.41) is 7.57. The molecule has 0 bridgehead atoms. The zero-order valence-corrected chi connectivity index (χ0v) is 17.5. The van der Waals surface area contributed by atoms with E-state index in [1.54, 1.807) is 4.68 Å². The molecule has 176 valence electrons. The van der Waals surface area contributed by atoms with Crippen LogP contribution >= 0.6 is 0 Å². The molecule has 0 saturated heterocycles. The summed E-state index contributed by atoms with van der Waals surface area (Å²) in [6, 6.07) is 6.89. The number of nitrogens with one attached hydrogen (secondary N) is 2. The Hall–Kier alpha value is -3.80. The van der Waals surface area contributed by atoms with Gasteiger partial charge in [0.2, 0.25) is 0 Å². The third kappa shape index (κ3) is 4.00. The van der Waals surface area contributed by atoms with Gasteiger partial charge in [-0.1, -0.05) is 12.1 Å². The number of alkyl halides is 3. The van der Waals surface area contributed by atoms with Gasteiger partial charge in [0.1, 0.15) is 23.2 Å². The molecule has 7 nitrogen and oxygen atoms in total. The van der Waals surface area contributed by atoms with E-state index in [1.165, 1.54) is 31.2 Å². The zero-order valence-electron chi connectivity index (χ0n) is 17.5. The molecule has 0 amide bonds. The van der Waals surface area contributed by atoms with Crippen LogP contribution in [-0.4, -0.2) is 26.1 Å². The van der Waals surface area contributed by atoms with Crippen molar-refractivity contribution in [2.75, 3.05) is 0 Å². The number of H-pyrrole nitrogens is 1. The Balaban J connectivity index is 1.45. The molecule has 2 aromatic carbocycles. The molecular weight excluding hydrogens is 461 g/mol. The highest BCUT2D eigenvalue weighted by Gasteiger charge is 2.31. The first-order valence-corrected chi connectivity index (χ1v) is 10.1. The topological polar surface area (TPSA) is 84.8 Å². The fourth-order valence-electron chi connectivity index (χ4n) is 3.97. The van der Waals surface area contributed by atoms with Gasteiger partial charge in [-0.3, -0.25) is 4.79 Å². The molecule has 1 unspecified atom stereocenters. The molecule has 12 heteroatoms. The predicted octanol–water partition coefficient (Wildman–Crippen LogP) is 4.12. The summed E-state index contributed by atoms with van der Waals surface area (Å²) in [5.41, 5.74) is 0.473. The van der Waals surface area contributed by atoms with Gasteiger partial charge in [-0.15, -0.1) is 18.3 Å². The Morgan fingerprint density at radius 1 is 1.15 bits per heavy atom. The Kier molecular flexibility index (Phi) is 5.12. The lowest BCUT2D eigenvalue weighted by atomic mass is 10.1. The van der Waals surface area contributed by atoms with Gasteiger partial charge < -0.3 is 15.0 Å². The van der Waals surface area contributed by atoms with Crippen LogP contribution in [0.15, 0.2) is 41.2 Å². The number of aromatic nitrogens is 4. The number of benzene rings is 2. The Morgan fingerprint density at radius 2 is 1.88 bits per heavy atom. The van der Waals surface area contributed by atoms with E-state index >= 15 is 0 Å². The number of fused-ring (bicyclic) bond motifs is 2. The zero-order chi connectivity index (χ0) is 24.2. The summed E-state index contributed by atoms with van der Waals surface area (Å²) in [7, 11) is 0. The number of pyridine rings is 1. The summed E-state index contributed by atoms with van der Waals surface area (Å²) in [4.78, 5) is 20.0. The summed E-state index contributed by atoms with van der Waals surface area (Å²) in [6.07, 6.45) is -4.77. The fourth-order valence-corrected chi connectivity index (χ4v) is 3.97. The van der Waals surface area contributed by atoms with Crippen LogP contribution in [-0.2, 0) is 13.1 Å². The van der Waals surface area contributed by atoms with Crippen molar-refractivity contribution in [3.63, 3.8) is 0 Å². The van der Waals surface area contributed by atoms with Crippen molar-refractivity contribution >= 4 is 10.9 Å². The lowest BCUT2D eigenvalue weighted by Gasteiger charge is -2.24. The lowest BCUT2D eigenvalue weighted by Crippen LogP contribution is -2.32. The van der Waals surface area contributed by atoms with Crippen LogP contribution in [0.4, 0.5) is 22.0 Å². The van der Waals surface area contributed by atoms with Crippen LogP contribution in [0.1, 0.15) is 23.0 Å². The molecule has 0 spiro atoms. The van der Waals surface area contributed by atoms with Crippen LogP contribution in [0.2, 0.25) is 0 Å². The van der Waals surface area contributed by atoms with Crippen LogP contribution in [0.25, 0.3) is 22.4 Å². The molecule has 1 atom stereocenters. The maximum atomic E-state index is 14.3. The molecule has 0 aliphatic carbocycles. The highest BCUT2D eigenvalue weighted by atomic mass is 19.4. The van der Waals surface area contributed by atoms with E-state index in [-0.39, 0.29) is 39.8 Å². The minimum atomic E-state index is -4.77. The highest BCUT2D eigenvalue weighted by molar-refractivity contribution is 5.82. The van der Waals surface area contributed by atoms with E-state index in [4.69, 9.17) is 0 Å². The maximum Gasteiger partial charge on any atom is 0.573 e. The third-order valence-corrected chi connectivity index (χ3v) is 5.62. The SMILES string of the molecule is Cc1c(-c2nc3n(n2)CC(c2ccc(OC(F)(F)F)cc2)NC3)[nH]c2c(F)cc(F)cc2c1=O. The average Bonchev–Trinajstić information content (AvgIpc) is 3.19. The lowest BCUT2D eigenvalue weighted by molar-refractivity contribution is -0.274. The second-order valence-electron chi connectivity index (χ2n) is 7.85. The summed E-state index contributed by atoms with van der Waals surface area (Å²) in [6.45, 7) is 2.13. The molecule has 1 aliphatic rings. The van der Waals surface area contributed by atoms with Gasteiger partial charge in [0.25, 0.3) is 0 Å². The van der Waals surface area contributed by atoms with Gasteiger partial charge in [-0.05, 0) is 30.7 Å². The van der Waals surface area contributed by atoms with E-state index in [1.807, 2.05) is 0 Å². The number of rotatable bonds is 3. The van der Waals surface area contributed by atoms with Crippen LogP contribution in [0, 0.1) is 18.6 Å². The van der Waals surface area contributed by atoms with Gasteiger partial charge in [-0.25, -0.2) is 18.4 Å². The maximum absolute atomic E-state index is 14.3. The molecular formula is C22H16F5N5O2. The van der Waals surface area contributed by atoms with Crippen LogP contribution in [0.3, 0.4) is 0 Å². The monoisotopic (exact) mass is 477 g/mol. The minimum absolute atomic E-state index is 0.109. The van der Waals surface area contributed by atoms with E-state index in [0.717, 1.165) is 11.6 Å². The third-order valence-electron chi connectivity index (χ3n) is 5.62. The quantitative estimate of drug-likeness (QED) is 0.434. The second-order valence-corrected chi connectivity index (χ2v) is 7.85. The molecule has 2 aromatic heterocycles. The van der Waals surface area contributed by atoms with Gasteiger partial charge in [-0.2, -0.15) is 0 Å². The van der Waals surface area contributed by atoms with Crippen molar-refractivity contribution in [2.45, 2.75) is 32.4 Å². The van der Waals surface area contributed by atoms with E-state index in [0.29, 0.717) is 25.0 Å². The van der Waals surface area contributed by atoms with E-state index < -0.39 is 23.4 Å². The number of aromatic amines is 1. The highest BCUT2D eigenvalue weighted by Crippen LogP contribution is 2.28. The molecule has 1 aliphatic heterocycles. The second kappa shape index (κ2) is 7.90. The molecule has 0 fully saturated rings. The van der Waals surface area contributed by atoms with Crippen molar-refractivity contribution < 1.29 is 26.7 Å². The number of hydrogen-bond acceptors (Lipinski definition) is 5. The first kappa shape index (κ1) is 22.0. The normalized spacial score (nSPS) is 16.0. The van der Waals surface area contributed by atoms with E-state index in [2.05, 4.69) is 25.1 Å². The Bertz CT molecular complexity index is 1460. The number of halogens is 5. The van der Waals surface area contributed by atoms with Gasteiger partial charge in [0.15, 0.2) is 11.3 Å². The largest absolute Gasteiger partial charge is 0.573 e. The minimum Gasteiger partial charge on any atom is -0.406 e.